The molecule has 10 heteroatoms. The number of hydrogen-bond donors (Lipinski definition) is 1. The summed E-state index contributed by atoms with van der Waals surface area (Å²) in [4.78, 5) is 48.3. The molecule has 1 spiro atoms. The molecule has 7 nitrogen and oxygen atoms in total. The zero-order valence-corrected chi connectivity index (χ0v) is 26.5. The molecule has 3 heterocycles. The lowest BCUT2D eigenvalue weighted by Crippen LogP contribution is -2.59. The van der Waals surface area contributed by atoms with E-state index < -0.39 is 28.7 Å². The van der Waals surface area contributed by atoms with E-state index in [1.54, 1.807) is 62.9 Å². The second-order valence-electron chi connectivity index (χ2n) is 11.2. The van der Waals surface area contributed by atoms with Crippen LogP contribution in [-0.2, 0) is 14.4 Å². The van der Waals surface area contributed by atoms with Crippen molar-refractivity contribution >= 4 is 62.7 Å². The lowest BCUT2D eigenvalue weighted by atomic mass is 9.70. The Morgan fingerprint density at radius 1 is 1.23 bits per heavy atom. The van der Waals surface area contributed by atoms with Crippen LogP contribution >= 0.6 is 39.3 Å². The van der Waals surface area contributed by atoms with E-state index in [9.17, 15) is 19.5 Å². The highest BCUT2D eigenvalue weighted by atomic mass is 79.9. The molecule has 3 fully saturated rings. The van der Waals surface area contributed by atoms with Gasteiger partial charge in [0.05, 0.1) is 29.2 Å². The van der Waals surface area contributed by atoms with E-state index in [0.717, 1.165) is 6.42 Å². The number of hydrogen-bond acceptors (Lipinski definition) is 5. The number of nitrogens with zero attached hydrogens (tertiary/aromatic N) is 3. The number of rotatable bonds is 12. The Balaban J connectivity index is 1.85. The van der Waals surface area contributed by atoms with Crippen LogP contribution in [0.4, 0.5) is 5.69 Å². The standard InChI is InChI=1S/C30H39BrClN3O4S/c1-6-13-33(14-7-2)27(37)23-24-28(38)35(22(17-36)18(4)5)26(30(24)16-21(31)25(23)40-30)29(39)34(15-8-3)20-11-9-19(32)10-12-20/h6,8-12,18,21-26,36H,1,3,7,13-17H2,2,4-5H3/t21?,22-,23-,24-,25-,26?,30?/m0/s1. The highest BCUT2D eigenvalue weighted by Crippen LogP contribution is 2.68. The summed E-state index contributed by atoms with van der Waals surface area (Å²) in [6, 6.07) is 5.59. The van der Waals surface area contributed by atoms with E-state index in [2.05, 4.69) is 29.1 Å². The van der Waals surface area contributed by atoms with E-state index >= 15 is 0 Å². The van der Waals surface area contributed by atoms with E-state index in [1.807, 2.05) is 20.8 Å². The van der Waals surface area contributed by atoms with Crippen molar-refractivity contribution in [3.63, 3.8) is 0 Å². The third-order valence-electron chi connectivity index (χ3n) is 8.43. The largest absolute Gasteiger partial charge is 0.394 e. The highest BCUT2D eigenvalue weighted by molar-refractivity contribution is 9.09. The Labute approximate surface area is 255 Å². The van der Waals surface area contributed by atoms with Crippen LogP contribution in [0.1, 0.15) is 33.6 Å². The van der Waals surface area contributed by atoms with Crippen molar-refractivity contribution in [1.82, 2.24) is 9.80 Å². The number of benzene rings is 1. The summed E-state index contributed by atoms with van der Waals surface area (Å²) in [6.45, 7) is 14.5. The number of likely N-dealkylation sites (tertiary alicyclic amines) is 1. The first-order valence-electron chi connectivity index (χ1n) is 13.9. The average molecular weight is 653 g/mol. The molecule has 7 atom stereocenters. The molecule has 1 N–H and O–H groups in total. The third-order valence-corrected chi connectivity index (χ3v) is 11.9. The first-order chi connectivity index (χ1) is 19.1. The van der Waals surface area contributed by atoms with E-state index in [0.29, 0.717) is 30.2 Å². The monoisotopic (exact) mass is 651 g/mol. The summed E-state index contributed by atoms with van der Waals surface area (Å²) in [5, 5.41) is 10.9. The first kappa shape index (κ1) is 31.1. The molecular weight excluding hydrogens is 614 g/mol. The lowest BCUT2D eigenvalue weighted by Gasteiger charge is -2.41. The van der Waals surface area contributed by atoms with Crippen LogP contribution in [0.15, 0.2) is 49.6 Å². The van der Waals surface area contributed by atoms with Crippen LogP contribution < -0.4 is 4.90 Å². The van der Waals surface area contributed by atoms with Gasteiger partial charge >= 0.3 is 0 Å². The maximum atomic E-state index is 14.7. The zero-order chi connectivity index (χ0) is 29.4. The van der Waals surface area contributed by atoms with Crippen molar-refractivity contribution in [2.45, 2.75) is 60.5 Å². The van der Waals surface area contributed by atoms with Crippen molar-refractivity contribution in [3.05, 3.63) is 54.6 Å². The van der Waals surface area contributed by atoms with Gasteiger partial charge in [-0.15, -0.1) is 24.9 Å². The summed E-state index contributed by atoms with van der Waals surface area (Å²) in [6.07, 6.45) is 4.73. The quantitative estimate of drug-likeness (QED) is 0.260. The number of alkyl halides is 1. The van der Waals surface area contributed by atoms with Crippen LogP contribution in [0.2, 0.25) is 5.02 Å². The molecule has 2 bridgehead atoms. The fraction of sp³-hybridized carbons (Fsp3) is 0.567. The van der Waals surface area contributed by atoms with Gasteiger partial charge in [0.15, 0.2) is 0 Å². The minimum atomic E-state index is -0.855. The summed E-state index contributed by atoms with van der Waals surface area (Å²) < 4.78 is -0.812. The summed E-state index contributed by atoms with van der Waals surface area (Å²) in [7, 11) is 0. The van der Waals surface area contributed by atoms with Crippen molar-refractivity contribution in [1.29, 1.82) is 0 Å². The van der Waals surface area contributed by atoms with Crippen LogP contribution in [-0.4, -0.2) is 85.8 Å². The number of thioether (sulfide) groups is 1. The van der Waals surface area contributed by atoms with Crippen LogP contribution in [0.25, 0.3) is 0 Å². The SMILES string of the molecule is C=CCN(CCC)C(=O)[C@H]1[C@H]2C(=O)N([C@@H](CO)C(C)C)C(C(=O)N(CC=C)c3ccc(Cl)cc3)C23CC(Br)[C@@H]1S3. The van der Waals surface area contributed by atoms with Crippen LogP contribution in [0.5, 0.6) is 0 Å². The minimum Gasteiger partial charge on any atom is -0.394 e. The Kier molecular flexibility index (Phi) is 9.80. The number of anilines is 1. The van der Waals surface area contributed by atoms with Crippen LogP contribution in [0.3, 0.4) is 0 Å². The molecular formula is C30H39BrClN3O4S. The normalized spacial score (nSPS) is 29.4. The Bertz CT molecular complexity index is 1150. The zero-order valence-electron chi connectivity index (χ0n) is 23.3. The number of halogens is 2. The minimum absolute atomic E-state index is 0.0343. The molecule has 0 radical (unpaired) electrons. The number of amides is 3. The third kappa shape index (κ3) is 5.16. The molecule has 40 heavy (non-hydrogen) atoms. The molecule has 3 aliphatic heterocycles. The average Bonchev–Trinajstić information content (AvgIpc) is 3.51. The Morgan fingerprint density at radius 2 is 1.88 bits per heavy atom. The number of fused-ring (bicyclic) bond motifs is 1. The van der Waals surface area contributed by atoms with Gasteiger partial charge in [0.2, 0.25) is 11.8 Å². The molecule has 3 saturated heterocycles. The van der Waals surface area contributed by atoms with Crippen molar-refractivity contribution < 1.29 is 19.5 Å². The van der Waals surface area contributed by atoms with Gasteiger partial charge in [-0.25, -0.2) is 0 Å². The molecule has 4 rings (SSSR count). The van der Waals surface area contributed by atoms with E-state index in [-0.39, 0.29) is 46.9 Å². The highest BCUT2D eigenvalue weighted by Gasteiger charge is 2.76. The smallest absolute Gasteiger partial charge is 0.251 e. The maximum Gasteiger partial charge on any atom is 0.251 e. The molecule has 0 saturated carbocycles. The number of carbonyl (C=O) groups excluding carboxylic acids is 3. The molecule has 0 aromatic heterocycles. The summed E-state index contributed by atoms with van der Waals surface area (Å²) >= 11 is 11.6. The molecule has 3 unspecified atom stereocenters. The first-order valence-corrected chi connectivity index (χ1v) is 16.1. The number of aliphatic hydroxyl groups excluding tert-OH is 1. The van der Waals surface area contributed by atoms with Gasteiger partial charge in [-0.05, 0) is 43.0 Å². The second-order valence-corrected chi connectivity index (χ2v) is 14.3. The summed E-state index contributed by atoms with van der Waals surface area (Å²) in [5.74, 6) is -1.86. The molecule has 3 amide bonds. The van der Waals surface area contributed by atoms with Gasteiger partial charge in [0.25, 0.3) is 5.91 Å². The van der Waals surface area contributed by atoms with Crippen molar-refractivity contribution in [2.75, 3.05) is 31.1 Å². The maximum absolute atomic E-state index is 14.7. The number of carbonyl (C=O) groups is 3. The Hall–Kier alpha value is -1.81. The van der Waals surface area contributed by atoms with E-state index in [4.69, 9.17) is 11.6 Å². The second kappa shape index (κ2) is 12.6. The predicted molar refractivity (Wildman–Crippen MR) is 166 cm³/mol. The lowest BCUT2D eigenvalue weighted by molar-refractivity contribution is -0.146. The van der Waals surface area contributed by atoms with Gasteiger partial charge < -0.3 is 19.8 Å². The fourth-order valence-corrected chi connectivity index (χ4v) is 10.5. The molecule has 3 aliphatic rings. The molecule has 0 aliphatic carbocycles. The summed E-state index contributed by atoms with van der Waals surface area (Å²) in [5.41, 5.74) is 0.646. The van der Waals surface area contributed by atoms with Crippen LogP contribution in [0, 0.1) is 17.8 Å². The van der Waals surface area contributed by atoms with Gasteiger partial charge in [0.1, 0.15) is 6.04 Å². The van der Waals surface area contributed by atoms with Gasteiger partial charge in [-0.3, -0.25) is 14.4 Å². The predicted octanol–water partition coefficient (Wildman–Crippen LogP) is 4.77. The molecule has 1 aromatic carbocycles. The van der Waals surface area contributed by atoms with Crippen molar-refractivity contribution in [3.8, 4) is 0 Å². The Morgan fingerprint density at radius 3 is 2.42 bits per heavy atom. The number of aliphatic hydroxyl groups is 1. The van der Waals surface area contributed by atoms with Gasteiger partial charge in [0, 0.05) is 40.4 Å². The van der Waals surface area contributed by atoms with E-state index in [1.165, 1.54) is 0 Å². The van der Waals surface area contributed by atoms with Gasteiger partial charge in [-0.2, -0.15) is 0 Å². The van der Waals surface area contributed by atoms with Crippen molar-refractivity contribution in [2.24, 2.45) is 17.8 Å². The van der Waals surface area contributed by atoms with Gasteiger partial charge in [-0.1, -0.05) is 60.5 Å². The molecule has 1 aromatic rings. The molecule has 218 valence electrons. The fourth-order valence-electron chi connectivity index (χ4n) is 6.75. The topological polar surface area (TPSA) is 81.2 Å².